The Kier molecular flexibility index (Phi) is 6.84. The first kappa shape index (κ1) is 21.3. The SMILES string of the molecule is CN(CC(=O)Nc1ccc(N2CCOCC2)cc1)CC(=O)Nc1ccc2c(c1)CCC2. The Balaban J connectivity index is 1.22. The number of ether oxygens (including phenoxy) is 1. The summed E-state index contributed by atoms with van der Waals surface area (Å²) in [4.78, 5) is 28.7. The molecule has 1 saturated heterocycles. The molecule has 0 bridgehead atoms. The number of fused-ring (bicyclic) bond motifs is 1. The van der Waals surface area contributed by atoms with Crippen molar-refractivity contribution in [1.82, 2.24) is 4.90 Å². The first-order chi connectivity index (χ1) is 15.1. The summed E-state index contributed by atoms with van der Waals surface area (Å²) in [5.74, 6) is -0.268. The van der Waals surface area contributed by atoms with Crippen molar-refractivity contribution in [3.63, 3.8) is 0 Å². The van der Waals surface area contributed by atoms with Gasteiger partial charge in [-0.25, -0.2) is 0 Å². The summed E-state index contributed by atoms with van der Waals surface area (Å²) in [5.41, 5.74) is 5.40. The van der Waals surface area contributed by atoms with E-state index in [0.717, 1.165) is 56.2 Å². The van der Waals surface area contributed by atoms with E-state index in [0.29, 0.717) is 0 Å². The molecule has 0 spiro atoms. The molecule has 2 aromatic carbocycles. The first-order valence-corrected chi connectivity index (χ1v) is 10.9. The van der Waals surface area contributed by atoms with Crippen molar-refractivity contribution >= 4 is 28.9 Å². The number of aryl methyl sites for hydroxylation is 2. The van der Waals surface area contributed by atoms with Crippen LogP contribution in [0, 0.1) is 0 Å². The molecular weight excluding hydrogens is 392 g/mol. The van der Waals surface area contributed by atoms with Crippen LogP contribution in [0.5, 0.6) is 0 Å². The molecule has 0 atom stereocenters. The molecule has 0 radical (unpaired) electrons. The van der Waals surface area contributed by atoms with Crippen LogP contribution in [0.4, 0.5) is 17.1 Å². The van der Waals surface area contributed by atoms with Crippen LogP contribution in [0.25, 0.3) is 0 Å². The van der Waals surface area contributed by atoms with Crippen LogP contribution in [0.15, 0.2) is 42.5 Å². The minimum atomic E-state index is -0.146. The molecule has 2 aromatic rings. The lowest BCUT2D eigenvalue weighted by Crippen LogP contribution is -2.36. The van der Waals surface area contributed by atoms with Crippen LogP contribution < -0.4 is 15.5 Å². The highest BCUT2D eigenvalue weighted by molar-refractivity contribution is 5.94. The number of nitrogens with zero attached hydrogens (tertiary/aromatic N) is 2. The maximum Gasteiger partial charge on any atom is 0.238 e. The number of carbonyl (C=O) groups excluding carboxylic acids is 2. The van der Waals surface area contributed by atoms with E-state index < -0.39 is 0 Å². The number of likely N-dealkylation sites (N-methyl/N-ethyl adjacent to an activating group) is 1. The number of amides is 2. The molecule has 31 heavy (non-hydrogen) atoms. The number of nitrogens with one attached hydrogen (secondary N) is 2. The average molecular weight is 423 g/mol. The number of morpholine rings is 1. The molecule has 0 saturated carbocycles. The predicted octanol–water partition coefficient (Wildman–Crippen LogP) is 2.52. The minimum Gasteiger partial charge on any atom is -0.378 e. The van der Waals surface area contributed by atoms with Crippen LogP contribution in [0.1, 0.15) is 17.5 Å². The zero-order valence-corrected chi connectivity index (χ0v) is 18.0. The number of carbonyl (C=O) groups is 2. The highest BCUT2D eigenvalue weighted by Crippen LogP contribution is 2.25. The maximum absolute atomic E-state index is 12.4. The van der Waals surface area contributed by atoms with E-state index >= 15 is 0 Å². The summed E-state index contributed by atoms with van der Waals surface area (Å²) >= 11 is 0. The second-order valence-electron chi connectivity index (χ2n) is 8.25. The Morgan fingerprint density at radius 2 is 1.52 bits per heavy atom. The smallest absolute Gasteiger partial charge is 0.238 e. The molecular formula is C24H30N4O3. The third kappa shape index (κ3) is 5.83. The van der Waals surface area contributed by atoms with Gasteiger partial charge in [-0.2, -0.15) is 0 Å². The fraction of sp³-hybridized carbons (Fsp3) is 0.417. The molecule has 2 amide bonds. The minimum absolute atomic E-state index is 0.122. The molecule has 2 aliphatic rings. The summed E-state index contributed by atoms with van der Waals surface area (Å²) in [5, 5.41) is 5.84. The van der Waals surface area contributed by atoms with Crippen LogP contribution in [-0.2, 0) is 27.2 Å². The topological polar surface area (TPSA) is 73.9 Å². The van der Waals surface area contributed by atoms with Crippen LogP contribution in [0.2, 0.25) is 0 Å². The summed E-state index contributed by atoms with van der Waals surface area (Å²) in [6, 6.07) is 13.9. The van der Waals surface area contributed by atoms with Crippen molar-refractivity contribution in [1.29, 1.82) is 0 Å². The zero-order valence-electron chi connectivity index (χ0n) is 18.0. The zero-order chi connectivity index (χ0) is 21.6. The van der Waals surface area contributed by atoms with Crippen LogP contribution in [-0.4, -0.2) is 63.2 Å². The van der Waals surface area contributed by atoms with Gasteiger partial charge in [0.2, 0.25) is 11.8 Å². The largest absolute Gasteiger partial charge is 0.378 e. The number of anilines is 3. The van der Waals surface area contributed by atoms with Gasteiger partial charge in [-0.3, -0.25) is 14.5 Å². The molecule has 1 fully saturated rings. The lowest BCUT2D eigenvalue weighted by molar-refractivity contribution is -0.119. The molecule has 1 heterocycles. The summed E-state index contributed by atoms with van der Waals surface area (Å²) in [6.45, 7) is 3.53. The van der Waals surface area contributed by atoms with Gasteiger partial charge in [-0.05, 0) is 73.8 Å². The molecule has 2 N–H and O–H groups in total. The van der Waals surface area contributed by atoms with Gasteiger partial charge in [0.1, 0.15) is 0 Å². The Hall–Kier alpha value is -2.90. The third-order valence-corrected chi connectivity index (χ3v) is 5.74. The van der Waals surface area contributed by atoms with E-state index in [1.165, 1.54) is 17.5 Å². The molecule has 164 valence electrons. The second kappa shape index (κ2) is 9.94. The molecule has 0 aromatic heterocycles. The quantitative estimate of drug-likeness (QED) is 0.717. The van der Waals surface area contributed by atoms with Gasteiger partial charge >= 0.3 is 0 Å². The van der Waals surface area contributed by atoms with Gasteiger partial charge in [-0.15, -0.1) is 0 Å². The molecule has 1 aliphatic heterocycles. The van der Waals surface area contributed by atoms with Gasteiger partial charge in [0.15, 0.2) is 0 Å². The normalized spacial score (nSPS) is 15.6. The summed E-state index contributed by atoms with van der Waals surface area (Å²) < 4.78 is 5.38. The van der Waals surface area contributed by atoms with Gasteiger partial charge in [-0.1, -0.05) is 6.07 Å². The van der Waals surface area contributed by atoms with Gasteiger partial charge in [0.25, 0.3) is 0 Å². The van der Waals surface area contributed by atoms with Gasteiger partial charge in [0.05, 0.1) is 26.3 Å². The van der Waals surface area contributed by atoms with Crippen LogP contribution >= 0.6 is 0 Å². The Labute approximate surface area is 183 Å². The van der Waals surface area contributed by atoms with Gasteiger partial charge < -0.3 is 20.3 Å². The van der Waals surface area contributed by atoms with Crippen molar-refractivity contribution in [3.05, 3.63) is 53.6 Å². The van der Waals surface area contributed by atoms with E-state index in [4.69, 9.17) is 4.74 Å². The van der Waals surface area contributed by atoms with E-state index in [-0.39, 0.29) is 24.9 Å². The Bertz CT molecular complexity index is 923. The number of benzene rings is 2. The highest BCUT2D eigenvalue weighted by atomic mass is 16.5. The lowest BCUT2D eigenvalue weighted by Gasteiger charge is -2.28. The van der Waals surface area contributed by atoms with E-state index in [9.17, 15) is 9.59 Å². The fourth-order valence-corrected chi connectivity index (χ4v) is 4.17. The van der Waals surface area contributed by atoms with Crippen molar-refractivity contribution < 1.29 is 14.3 Å². The molecule has 7 heteroatoms. The molecule has 1 aliphatic carbocycles. The summed E-state index contributed by atoms with van der Waals surface area (Å²) in [6.07, 6.45) is 3.38. The average Bonchev–Trinajstić information content (AvgIpc) is 3.22. The Morgan fingerprint density at radius 3 is 2.23 bits per heavy atom. The Morgan fingerprint density at radius 1 is 0.903 bits per heavy atom. The van der Waals surface area contributed by atoms with Crippen molar-refractivity contribution in [2.75, 3.05) is 62.0 Å². The molecule has 4 rings (SSSR count). The predicted molar refractivity (Wildman–Crippen MR) is 123 cm³/mol. The highest BCUT2D eigenvalue weighted by Gasteiger charge is 2.15. The molecule has 7 nitrogen and oxygen atoms in total. The van der Waals surface area contributed by atoms with E-state index in [2.05, 4.69) is 27.7 Å². The number of hydrogen-bond donors (Lipinski definition) is 2. The third-order valence-electron chi connectivity index (χ3n) is 5.74. The van der Waals surface area contributed by atoms with Gasteiger partial charge in [0, 0.05) is 30.2 Å². The van der Waals surface area contributed by atoms with Crippen LogP contribution in [0.3, 0.4) is 0 Å². The van der Waals surface area contributed by atoms with Crippen molar-refractivity contribution in [2.24, 2.45) is 0 Å². The summed E-state index contributed by atoms with van der Waals surface area (Å²) in [7, 11) is 1.77. The van der Waals surface area contributed by atoms with E-state index in [1.54, 1.807) is 11.9 Å². The first-order valence-electron chi connectivity index (χ1n) is 10.9. The maximum atomic E-state index is 12.4. The molecule has 0 unspecified atom stereocenters. The second-order valence-corrected chi connectivity index (χ2v) is 8.25. The number of hydrogen-bond acceptors (Lipinski definition) is 5. The van der Waals surface area contributed by atoms with E-state index in [1.807, 2.05) is 30.3 Å². The monoisotopic (exact) mass is 422 g/mol. The number of rotatable bonds is 7. The standard InChI is InChI=1S/C24H30N4O3/c1-27(17-24(30)26-21-6-5-18-3-2-4-19(18)15-21)16-23(29)25-20-7-9-22(10-8-20)28-11-13-31-14-12-28/h5-10,15H,2-4,11-14,16-17H2,1H3,(H,25,29)(H,26,30). The van der Waals surface area contributed by atoms with Crippen molar-refractivity contribution in [3.8, 4) is 0 Å². The van der Waals surface area contributed by atoms with Crippen molar-refractivity contribution in [2.45, 2.75) is 19.3 Å². The fourth-order valence-electron chi connectivity index (χ4n) is 4.17. The lowest BCUT2D eigenvalue weighted by atomic mass is 10.1.